The molecule has 0 fully saturated rings. The van der Waals surface area contributed by atoms with Gasteiger partial charge in [-0.1, -0.05) is 0 Å². The second-order valence-corrected chi connectivity index (χ2v) is 3.33. The molecule has 14 heavy (non-hydrogen) atoms. The van der Waals surface area contributed by atoms with Gasteiger partial charge in [0.1, 0.15) is 3.70 Å². The summed E-state index contributed by atoms with van der Waals surface area (Å²) in [5, 5.41) is 0. The smallest absolute Gasteiger partial charge is 0.397 e. The van der Waals surface area contributed by atoms with Gasteiger partial charge < -0.3 is 16.2 Å². The molecule has 1 aromatic rings. The molecule has 0 spiro atoms. The lowest BCUT2D eigenvalue weighted by atomic mass is 10.4. The molecule has 0 radical (unpaired) electrons. The van der Waals surface area contributed by atoms with Crippen molar-refractivity contribution in [3.05, 3.63) is 9.77 Å². The number of anilines is 2. The van der Waals surface area contributed by atoms with E-state index in [1.165, 1.54) is 0 Å². The van der Waals surface area contributed by atoms with Crippen LogP contribution in [0.25, 0.3) is 0 Å². The summed E-state index contributed by atoms with van der Waals surface area (Å²) in [7, 11) is 0. The first-order valence-electron chi connectivity index (χ1n) is 3.27. The van der Waals surface area contributed by atoms with Crippen LogP contribution < -0.4 is 16.2 Å². The average Bonchev–Trinajstić information content (AvgIpc) is 1.97. The second-order valence-electron chi connectivity index (χ2n) is 2.31. The number of halogens is 4. The van der Waals surface area contributed by atoms with E-state index >= 15 is 0 Å². The third kappa shape index (κ3) is 2.79. The molecule has 0 aliphatic heterocycles. The van der Waals surface area contributed by atoms with Gasteiger partial charge in [-0.2, -0.15) is 0 Å². The number of alkyl halides is 3. The molecule has 0 unspecified atom stereocenters. The van der Waals surface area contributed by atoms with Crippen molar-refractivity contribution in [1.82, 2.24) is 4.98 Å². The lowest BCUT2D eigenvalue weighted by Crippen LogP contribution is -2.19. The largest absolute Gasteiger partial charge is 0.574 e. The van der Waals surface area contributed by atoms with E-state index in [1.54, 1.807) is 22.6 Å². The normalized spacial score (nSPS) is 11.4. The van der Waals surface area contributed by atoms with Crippen molar-refractivity contribution < 1.29 is 17.9 Å². The van der Waals surface area contributed by atoms with Crippen LogP contribution >= 0.6 is 22.6 Å². The molecule has 4 nitrogen and oxygen atoms in total. The zero-order valence-electron chi connectivity index (χ0n) is 6.60. The van der Waals surface area contributed by atoms with E-state index in [1.807, 2.05) is 0 Å². The van der Waals surface area contributed by atoms with Gasteiger partial charge in [0.2, 0.25) is 5.88 Å². The van der Waals surface area contributed by atoms with Gasteiger partial charge in [-0.05, 0) is 28.7 Å². The molecule has 0 saturated carbocycles. The molecule has 0 atom stereocenters. The number of rotatable bonds is 1. The number of nitrogen functional groups attached to an aromatic ring is 2. The molecule has 78 valence electrons. The Morgan fingerprint density at radius 2 is 1.86 bits per heavy atom. The fraction of sp³-hybridized carbons (Fsp3) is 0.167. The second kappa shape index (κ2) is 3.67. The molecule has 0 amide bonds. The molecular formula is C6H5F3IN3O. The Kier molecular flexibility index (Phi) is 2.92. The maximum atomic E-state index is 11.8. The SMILES string of the molecule is Nc1cc(N)c(OC(F)(F)F)nc1I. The van der Waals surface area contributed by atoms with Gasteiger partial charge in [-0.25, -0.2) is 4.98 Å². The van der Waals surface area contributed by atoms with E-state index in [0.29, 0.717) is 0 Å². The summed E-state index contributed by atoms with van der Waals surface area (Å²) >= 11 is 1.68. The lowest BCUT2D eigenvalue weighted by Gasteiger charge is -2.10. The summed E-state index contributed by atoms with van der Waals surface area (Å²) in [6, 6.07) is 1.16. The summed E-state index contributed by atoms with van der Waals surface area (Å²) in [5.41, 5.74) is 10.5. The van der Waals surface area contributed by atoms with Gasteiger partial charge in [0.25, 0.3) is 0 Å². The molecule has 4 N–H and O–H groups in total. The van der Waals surface area contributed by atoms with Crippen LogP contribution in [0, 0.1) is 3.70 Å². The Hall–Kier alpha value is -0.930. The summed E-state index contributed by atoms with van der Waals surface area (Å²) in [6.45, 7) is 0. The number of hydrogen-bond donors (Lipinski definition) is 2. The van der Waals surface area contributed by atoms with Crippen LogP contribution in [-0.4, -0.2) is 11.3 Å². The van der Waals surface area contributed by atoms with Crippen LogP contribution in [0.2, 0.25) is 0 Å². The highest BCUT2D eigenvalue weighted by atomic mass is 127. The minimum Gasteiger partial charge on any atom is -0.397 e. The summed E-state index contributed by atoms with van der Waals surface area (Å²) in [4.78, 5) is 3.45. The highest BCUT2D eigenvalue weighted by molar-refractivity contribution is 14.1. The van der Waals surface area contributed by atoms with Gasteiger partial charge in [0, 0.05) is 0 Å². The van der Waals surface area contributed by atoms with E-state index in [0.717, 1.165) is 6.07 Å². The maximum absolute atomic E-state index is 11.8. The summed E-state index contributed by atoms with van der Waals surface area (Å²) in [5.74, 6) is -0.684. The van der Waals surface area contributed by atoms with Gasteiger partial charge >= 0.3 is 6.36 Å². The van der Waals surface area contributed by atoms with Crippen LogP contribution in [-0.2, 0) is 0 Å². The number of hydrogen-bond acceptors (Lipinski definition) is 4. The predicted molar refractivity (Wildman–Crippen MR) is 52.5 cm³/mol. The number of ether oxygens (including phenoxy) is 1. The third-order valence-electron chi connectivity index (χ3n) is 1.21. The van der Waals surface area contributed by atoms with Crippen LogP contribution in [0.4, 0.5) is 24.5 Å². The van der Waals surface area contributed by atoms with Crippen LogP contribution in [0.3, 0.4) is 0 Å². The van der Waals surface area contributed by atoms with E-state index in [9.17, 15) is 13.2 Å². The van der Waals surface area contributed by atoms with Crippen molar-refractivity contribution in [3.63, 3.8) is 0 Å². The van der Waals surface area contributed by atoms with Crippen LogP contribution in [0.15, 0.2) is 6.07 Å². The third-order valence-corrected chi connectivity index (χ3v) is 2.07. The monoisotopic (exact) mass is 319 g/mol. The Balaban J connectivity index is 3.04. The van der Waals surface area contributed by atoms with Gasteiger partial charge in [-0.3, -0.25) is 0 Å². The molecule has 1 rings (SSSR count). The first-order valence-corrected chi connectivity index (χ1v) is 4.34. The van der Waals surface area contributed by atoms with E-state index in [-0.39, 0.29) is 15.1 Å². The fourth-order valence-electron chi connectivity index (χ4n) is 0.698. The minimum absolute atomic E-state index is 0.205. The Morgan fingerprint density at radius 3 is 2.36 bits per heavy atom. The van der Waals surface area contributed by atoms with E-state index in [2.05, 4.69) is 9.72 Å². The first kappa shape index (κ1) is 11.1. The first-order chi connectivity index (χ1) is 6.29. The van der Waals surface area contributed by atoms with Crippen molar-refractivity contribution in [2.24, 2.45) is 0 Å². The Bertz CT molecular complexity index is 355. The molecule has 0 aliphatic carbocycles. The van der Waals surface area contributed by atoms with Gasteiger partial charge in [0.15, 0.2) is 0 Å². The highest BCUT2D eigenvalue weighted by Gasteiger charge is 2.33. The van der Waals surface area contributed by atoms with Crippen molar-refractivity contribution in [1.29, 1.82) is 0 Å². The topological polar surface area (TPSA) is 74.2 Å². The van der Waals surface area contributed by atoms with Crippen molar-refractivity contribution in [3.8, 4) is 5.88 Å². The lowest BCUT2D eigenvalue weighted by molar-refractivity contribution is -0.275. The number of aromatic nitrogens is 1. The molecule has 0 aliphatic rings. The molecule has 1 aromatic heterocycles. The summed E-state index contributed by atoms with van der Waals surface area (Å²) in [6.07, 6.45) is -4.81. The maximum Gasteiger partial charge on any atom is 0.574 e. The Labute approximate surface area is 90.6 Å². The molecule has 1 heterocycles. The standard InChI is InChI=1S/C6H5F3IN3O/c7-6(8,9)14-5-3(12)1-2(11)4(10)13-5/h1H,11-12H2. The quantitative estimate of drug-likeness (QED) is 0.611. The zero-order chi connectivity index (χ0) is 10.9. The number of nitrogens with two attached hydrogens (primary N) is 2. The van der Waals surface area contributed by atoms with Crippen molar-refractivity contribution in [2.75, 3.05) is 11.5 Å². The van der Waals surface area contributed by atoms with E-state index in [4.69, 9.17) is 11.5 Å². The van der Waals surface area contributed by atoms with Crippen LogP contribution in [0.1, 0.15) is 0 Å². The molecular weight excluding hydrogens is 314 g/mol. The van der Waals surface area contributed by atoms with Gasteiger partial charge in [-0.15, -0.1) is 13.2 Å². The number of nitrogens with zero attached hydrogens (tertiary/aromatic N) is 1. The zero-order valence-corrected chi connectivity index (χ0v) is 8.76. The molecule has 0 saturated heterocycles. The minimum atomic E-state index is -4.81. The van der Waals surface area contributed by atoms with Crippen molar-refractivity contribution >= 4 is 34.0 Å². The van der Waals surface area contributed by atoms with Crippen molar-refractivity contribution in [2.45, 2.75) is 6.36 Å². The average molecular weight is 319 g/mol. The van der Waals surface area contributed by atoms with E-state index < -0.39 is 12.2 Å². The molecule has 8 heteroatoms. The fourth-order valence-corrected chi connectivity index (χ4v) is 1.07. The molecule has 0 bridgehead atoms. The summed E-state index contributed by atoms with van der Waals surface area (Å²) < 4.78 is 39.2. The Morgan fingerprint density at radius 1 is 1.29 bits per heavy atom. The van der Waals surface area contributed by atoms with Gasteiger partial charge in [0.05, 0.1) is 11.4 Å². The molecule has 0 aromatic carbocycles. The van der Waals surface area contributed by atoms with Crippen LogP contribution in [0.5, 0.6) is 5.88 Å². The predicted octanol–water partition coefficient (Wildman–Crippen LogP) is 1.75. The highest BCUT2D eigenvalue weighted by Crippen LogP contribution is 2.29. The number of pyridine rings is 1.